The highest BCUT2D eigenvalue weighted by Gasteiger charge is 2.75. The molecule has 5 rings (SSSR count). The van der Waals surface area contributed by atoms with E-state index >= 15 is 0 Å². The number of ether oxygens (including phenoxy) is 2. The van der Waals surface area contributed by atoms with Crippen LogP contribution < -0.4 is 0 Å². The van der Waals surface area contributed by atoms with Crippen molar-refractivity contribution in [3.63, 3.8) is 0 Å². The van der Waals surface area contributed by atoms with Crippen molar-refractivity contribution >= 4 is 29.6 Å². The molecule has 1 spiro atoms. The number of hydrogen-bond acceptors (Lipinski definition) is 9. The van der Waals surface area contributed by atoms with E-state index in [1.165, 1.54) is 37.1 Å². The zero-order valence-electron chi connectivity index (χ0n) is 21.1. The van der Waals surface area contributed by atoms with E-state index in [-0.39, 0.29) is 17.0 Å². The molecule has 2 saturated heterocycles. The van der Waals surface area contributed by atoms with E-state index in [1.807, 2.05) is 0 Å². The minimum atomic E-state index is -2.05. The molecule has 10 nitrogen and oxygen atoms in total. The number of esters is 2. The van der Waals surface area contributed by atoms with Crippen LogP contribution in [0, 0.1) is 20.9 Å². The summed E-state index contributed by atoms with van der Waals surface area (Å²) in [6.07, 6.45) is 1.59. The first-order valence-corrected chi connectivity index (χ1v) is 12.0. The highest BCUT2D eigenvalue weighted by atomic mass is 16.7. The number of non-ortho nitro benzene ring substituents is 1. The molecule has 0 amide bonds. The zero-order valence-corrected chi connectivity index (χ0v) is 21.1. The summed E-state index contributed by atoms with van der Waals surface area (Å²) >= 11 is 0. The average molecular weight is 506 g/mol. The fraction of sp³-hybridized carbons (Fsp3) is 0.407. The molecule has 3 aliphatic rings. The van der Waals surface area contributed by atoms with Crippen molar-refractivity contribution in [1.82, 2.24) is 5.01 Å². The number of fused-ring (bicyclic) bond motifs is 4. The van der Waals surface area contributed by atoms with E-state index in [4.69, 9.17) is 9.47 Å². The quantitative estimate of drug-likeness (QED) is 0.266. The van der Waals surface area contributed by atoms with Gasteiger partial charge in [-0.15, -0.1) is 0 Å². The predicted molar refractivity (Wildman–Crippen MR) is 131 cm³/mol. The normalized spacial score (nSPS) is 25.2. The van der Waals surface area contributed by atoms with Gasteiger partial charge in [-0.1, -0.05) is 57.2 Å². The Hall–Kier alpha value is -4.08. The van der Waals surface area contributed by atoms with Crippen molar-refractivity contribution in [3.8, 4) is 0 Å². The van der Waals surface area contributed by atoms with Gasteiger partial charge in [0.05, 0.1) is 11.1 Å². The number of ketones is 1. The molecule has 10 heteroatoms. The molecule has 0 N–H and O–H groups in total. The van der Waals surface area contributed by atoms with Crippen LogP contribution in [0.15, 0.2) is 53.6 Å². The summed E-state index contributed by atoms with van der Waals surface area (Å²) in [7, 11) is 0. The van der Waals surface area contributed by atoms with Crippen molar-refractivity contribution in [1.29, 1.82) is 0 Å². The number of nitrogens with zero attached hydrogens (tertiary/aromatic N) is 3. The fourth-order valence-corrected chi connectivity index (χ4v) is 5.66. The Morgan fingerprint density at radius 1 is 1.05 bits per heavy atom. The van der Waals surface area contributed by atoms with Crippen molar-refractivity contribution in [2.45, 2.75) is 58.4 Å². The lowest BCUT2D eigenvalue weighted by Gasteiger charge is -2.44. The molecule has 0 aromatic heterocycles. The molecule has 0 radical (unpaired) electrons. The molecule has 3 heterocycles. The number of hydrogen-bond donors (Lipinski definition) is 0. The van der Waals surface area contributed by atoms with Gasteiger partial charge in [0.25, 0.3) is 11.5 Å². The van der Waals surface area contributed by atoms with E-state index in [1.54, 1.807) is 57.3 Å². The third-order valence-electron chi connectivity index (χ3n) is 7.21. The monoisotopic (exact) mass is 505 g/mol. The van der Waals surface area contributed by atoms with Crippen LogP contribution in [-0.2, 0) is 23.9 Å². The Morgan fingerprint density at radius 3 is 2.32 bits per heavy atom. The van der Waals surface area contributed by atoms with Gasteiger partial charge in [-0.25, -0.2) is 0 Å². The Bertz CT molecular complexity index is 1350. The van der Waals surface area contributed by atoms with Gasteiger partial charge < -0.3 is 9.47 Å². The van der Waals surface area contributed by atoms with Crippen LogP contribution in [0.4, 0.5) is 5.69 Å². The Balaban J connectivity index is 1.86. The first-order chi connectivity index (χ1) is 17.3. The van der Waals surface area contributed by atoms with Gasteiger partial charge in [0.15, 0.2) is 5.78 Å². The van der Waals surface area contributed by atoms with Crippen LogP contribution >= 0.6 is 0 Å². The lowest BCUT2D eigenvalue weighted by Crippen LogP contribution is -2.58. The molecule has 2 aromatic rings. The number of hydrazone groups is 1. The summed E-state index contributed by atoms with van der Waals surface area (Å²) in [6.45, 7) is 8.12. The van der Waals surface area contributed by atoms with Crippen LogP contribution in [0.25, 0.3) is 0 Å². The van der Waals surface area contributed by atoms with Gasteiger partial charge in [-0.3, -0.25) is 29.5 Å². The maximum atomic E-state index is 14.1. The van der Waals surface area contributed by atoms with Gasteiger partial charge in [0, 0.05) is 37.3 Å². The Kier molecular flexibility index (Phi) is 5.29. The van der Waals surface area contributed by atoms with E-state index in [2.05, 4.69) is 5.10 Å². The SMILES string of the molecule is CC1(C)OC(=O)C2(C(=O)O1)[C@H](c1cccc([N+](=O)[O-])c1)[C@H](C(=O)C(C)(C)C)N1N=Cc3ccccc3[C@H]12. The van der Waals surface area contributed by atoms with Crippen LogP contribution in [-0.4, -0.2) is 45.7 Å². The zero-order chi connectivity index (χ0) is 26.9. The van der Waals surface area contributed by atoms with E-state index in [9.17, 15) is 24.5 Å². The Labute approximate surface area is 213 Å². The highest BCUT2D eigenvalue weighted by molar-refractivity contribution is 6.07. The highest BCUT2D eigenvalue weighted by Crippen LogP contribution is 2.63. The molecule has 37 heavy (non-hydrogen) atoms. The standard InChI is InChI=1S/C27H27N3O7/c1-25(2,3)22(31)20-19(15-10-8-11-17(13-15)30(34)35)27(23(32)36-26(4,5)37-24(27)33)21-18-12-7-6-9-16(18)14-28-29(20)21/h6-14,19-21H,1-5H3/t19-,20-,21+/m1/s1. The lowest BCUT2D eigenvalue weighted by atomic mass is 9.64. The van der Waals surface area contributed by atoms with Crippen molar-refractivity contribution < 1.29 is 28.8 Å². The number of nitro groups is 1. The van der Waals surface area contributed by atoms with Crippen LogP contribution in [0.2, 0.25) is 0 Å². The molecule has 0 unspecified atom stereocenters. The van der Waals surface area contributed by atoms with Crippen molar-refractivity contribution in [3.05, 3.63) is 75.3 Å². The van der Waals surface area contributed by atoms with Gasteiger partial charge in [0.2, 0.25) is 5.41 Å². The van der Waals surface area contributed by atoms with E-state index < -0.39 is 51.5 Å². The molecule has 0 saturated carbocycles. The van der Waals surface area contributed by atoms with Crippen molar-refractivity contribution in [2.75, 3.05) is 0 Å². The molecular weight excluding hydrogens is 478 g/mol. The number of Topliss-reactive ketones (excluding diaryl/α,β-unsaturated/α-hetero) is 1. The molecular formula is C27H27N3O7. The fourth-order valence-electron chi connectivity index (χ4n) is 5.66. The van der Waals surface area contributed by atoms with Gasteiger partial charge >= 0.3 is 11.9 Å². The molecule has 3 atom stereocenters. The largest absolute Gasteiger partial charge is 0.422 e. The second kappa shape index (κ2) is 7.96. The van der Waals surface area contributed by atoms with E-state index in [0.717, 1.165) is 0 Å². The summed E-state index contributed by atoms with van der Waals surface area (Å²) in [6, 6.07) is 10.7. The number of cyclic esters (lactones) is 2. The number of nitro benzene ring substituents is 1. The number of carbonyl (C=O) groups excluding carboxylic acids is 3. The van der Waals surface area contributed by atoms with Crippen molar-refractivity contribution in [2.24, 2.45) is 15.9 Å². The molecule has 0 aliphatic carbocycles. The summed E-state index contributed by atoms with van der Waals surface area (Å²) in [4.78, 5) is 53.3. The van der Waals surface area contributed by atoms with Crippen LogP contribution in [0.5, 0.6) is 0 Å². The molecule has 2 aromatic carbocycles. The summed E-state index contributed by atoms with van der Waals surface area (Å²) in [5.74, 6) is -4.72. The third kappa shape index (κ3) is 3.53. The van der Waals surface area contributed by atoms with E-state index in [0.29, 0.717) is 11.1 Å². The Morgan fingerprint density at radius 2 is 1.70 bits per heavy atom. The number of carbonyl (C=O) groups is 3. The molecule has 192 valence electrons. The second-order valence-corrected chi connectivity index (χ2v) is 11.1. The molecule has 2 fully saturated rings. The van der Waals surface area contributed by atoms with Crippen LogP contribution in [0.1, 0.15) is 63.3 Å². The smallest absolute Gasteiger partial charge is 0.330 e. The number of rotatable bonds is 3. The first kappa shape index (κ1) is 24.6. The average Bonchev–Trinajstić information content (AvgIpc) is 3.13. The van der Waals surface area contributed by atoms with Crippen LogP contribution in [0.3, 0.4) is 0 Å². The first-order valence-electron chi connectivity index (χ1n) is 12.0. The predicted octanol–water partition coefficient (Wildman–Crippen LogP) is 3.89. The maximum Gasteiger partial charge on any atom is 0.330 e. The summed E-state index contributed by atoms with van der Waals surface area (Å²) in [5.41, 5.74) is -1.63. The number of benzene rings is 2. The van der Waals surface area contributed by atoms with Gasteiger partial charge in [0.1, 0.15) is 12.1 Å². The lowest BCUT2D eigenvalue weighted by molar-refractivity contribution is -0.385. The maximum absolute atomic E-state index is 14.1. The summed E-state index contributed by atoms with van der Waals surface area (Å²) in [5, 5.41) is 17.7. The van der Waals surface area contributed by atoms with Gasteiger partial charge in [-0.2, -0.15) is 5.10 Å². The molecule has 0 bridgehead atoms. The molecule has 3 aliphatic heterocycles. The van der Waals surface area contributed by atoms with Gasteiger partial charge in [-0.05, 0) is 16.7 Å². The second-order valence-electron chi connectivity index (χ2n) is 11.1. The summed E-state index contributed by atoms with van der Waals surface area (Å²) < 4.78 is 11.4. The topological polar surface area (TPSA) is 128 Å². The third-order valence-corrected chi connectivity index (χ3v) is 7.21. The minimum absolute atomic E-state index is 0.235. The minimum Gasteiger partial charge on any atom is -0.422 e.